The summed E-state index contributed by atoms with van der Waals surface area (Å²) in [5.74, 6) is 1.19. The van der Waals surface area contributed by atoms with Crippen LogP contribution < -0.4 is 0 Å². The third-order valence-electron chi connectivity index (χ3n) is 1.43. The predicted molar refractivity (Wildman–Crippen MR) is 56.7 cm³/mol. The Bertz CT molecular complexity index is 128. The first kappa shape index (κ1) is 12.3. The van der Waals surface area contributed by atoms with Gasteiger partial charge in [0.25, 0.3) is 0 Å². The first-order chi connectivity index (χ1) is 5.68. The summed E-state index contributed by atoms with van der Waals surface area (Å²) in [7, 11) is 3.58. The van der Waals surface area contributed by atoms with E-state index in [1.807, 2.05) is 10.8 Å². The maximum atomic E-state index is 10.7. The van der Waals surface area contributed by atoms with Gasteiger partial charge in [-0.2, -0.15) is 0 Å². The van der Waals surface area contributed by atoms with Gasteiger partial charge < -0.3 is 4.74 Å². The second-order valence-corrected chi connectivity index (χ2v) is 5.15. The fourth-order valence-electron chi connectivity index (χ4n) is 0.579. The van der Waals surface area contributed by atoms with Crippen molar-refractivity contribution in [2.45, 2.75) is 26.4 Å². The van der Waals surface area contributed by atoms with Crippen LogP contribution in [0.5, 0.6) is 0 Å². The molecule has 0 bridgehead atoms. The Balaban J connectivity index is 3.14. The van der Waals surface area contributed by atoms with Gasteiger partial charge in [0.2, 0.25) is 0 Å². The maximum absolute atomic E-state index is 10.7. The number of Topliss-reactive ketones (excluding diaryl/α,β-unsaturated/α-hetero) is 1. The van der Waals surface area contributed by atoms with E-state index in [0.717, 1.165) is 12.2 Å². The molecular weight excluding hydrogens is 192 g/mol. The average Bonchev–Trinajstić information content (AvgIpc) is 2.03. The molecule has 0 aromatic rings. The van der Waals surface area contributed by atoms with Crippen molar-refractivity contribution in [3.05, 3.63) is 0 Å². The summed E-state index contributed by atoms with van der Waals surface area (Å²) >= 11 is 0. The molecule has 0 N–H and O–H groups in total. The summed E-state index contributed by atoms with van der Waals surface area (Å²) < 4.78 is 5.28. The van der Waals surface area contributed by atoms with Gasteiger partial charge in [-0.3, -0.25) is 4.79 Å². The van der Waals surface area contributed by atoms with E-state index in [2.05, 4.69) is 6.26 Å². The molecule has 2 nitrogen and oxygen atoms in total. The maximum Gasteiger partial charge on any atom is 0.158 e. The monoisotopic (exact) mass is 208 g/mol. The van der Waals surface area contributed by atoms with E-state index in [9.17, 15) is 4.79 Å². The lowest BCUT2D eigenvalue weighted by Gasteiger charge is -2.08. The van der Waals surface area contributed by atoms with Crippen molar-refractivity contribution in [1.29, 1.82) is 0 Å². The summed E-state index contributed by atoms with van der Waals surface area (Å²) in [4.78, 5) is 10.7. The molecule has 0 saturated heterocycles. The van der Waals surface area contributed by atoms with Gasteiger partial charge in [0.05, 0.1) is 0 Å². The minimum atomic E-state index is -0.232. The van der Waals surface area contributed by atoms with E-state index in [-0.39, 0.29) is 11.9 Å². The molecule has 0 radical (unpaired) electrons. The lowest BCUT2D eigenvalue weighted by atomic mass is 10.3. The topological polar surface area (TPSA) is 26.3 Å². The third-order valence-corrected chi connectivity index (χ3v) is 3.33. The summed E-state index contributed by atoms with van der Waals surface area (Å²) in [6.07, 6.45) is 2.84. The lowest BCUT2D eigenvalue weighted by Crippen LogP contribution is -2.18. The Morgan fingerprint density at radius 3 is 2.75 bits per heavy atom. The zero-order chi connectivity index (χ0) is 9.40. The van der Waals surface area contributed by atoms with Crippen molar-refractivity contribution < 1.29 is 9.53 Å². The number of rotatable bonds is 7. The van der Waals surface area contributed by atoms with Gasteiger partial charge in [-0.1, -0.05) is 21.6 Å². The van der Waals surface area contributed by atoms with Gasteiger partial charge in [0.1, 0.15) is 6.10 Å². The van der Waals surface area contributed by atoms with Crippen molar-refractivity contribution in [2.24, 2.45) is 0 Å². The Labute approximate surface area is 82.2 Å². The fraction of sp³-hybridized carbons (Fsp3) is 0.875. The van der Waals surface area contributed by atoms with Crippen molar-refractivity contribution >= 4 is 27.4 Å². The summed E-state index contributed by atoms with van der Waals surface area (Å²) in [5.41, 5.74) is 0. The molecule has 0 unspecified atom stereocenters. The highest BCUT2D eigenvalue weighted by Crippen LogP contribution is 2.17. The molecule has 0 fully saturated rings. The molecular formula is C8H16O2S2. The highest BCUT2D eigenvalue weighted by molar-refractivity contribution is 8.76. The normalized spacial score (nSPS) is 12.9. The summed E-state index contributed by atoms with van der Waals surface area (Å²) in [6, 6.07) is 0. The predicted octanol–water partition coefficient (Wildman–Crippen LogP) is 2.38. The third kappa shape index (κ3) is 7.00. The molecule has 0 spiro atoms. The number of hydrogen-bond acceptors (Lipinski definition) is 4. The molecule has 0 aliphatic carbocycles. The lowest BCUT2D eigenvalue weighted by molar-refractivity contribution is -0.127. The van der Waals surface area contributed by atoms with E-state index >= 15 is 0 Å². The van der Waals surface area contributed by atoms with Crippen LogP contribution in [0.15, 0.2) is 0 Å². The van der Waals surface area contributed by atoms with Crippen LogP contribution in [0.4, 0.5) is 0 Å². The van der Waals surface area contributed by atoms with Crippen molar-refractivity contribution in [2.75, 3.05) is 18.6 Å². The second kappa shape index (κ2) is 7.95. The number of ketones is 1. The fourth-order valence-corrected chi connectivity index (χ4v) is 1.83. The van der Waals surface area contributed by atoms with Crippen LogP contribution in [0.3, 0.4) is 0 Å². The molecule has 72 valence electrons. The Morgan fingerprint density at radius 2 is 2.25 bits per heavy atom. The Hall–Kier alpha value is 0.330. The molecule has 0 amide bonds. The first-order valence-electron chi connectivity index (χ1n) is 3.96. The smallest absolute Gasteiger partial charge is 0.158 e. The highest BCUT2D eigenvalue weighted by atomic mass is 33.1. The first-order valence-corrected chi connectivity index (χ1v) is 6.69. The molecule has 0 aliphatic heterocycles. The van der Waals surface area contributed by atoms with E-state index in [1.165, 1.54) is 0 Å². The number of ether oxygens (including phenoxy) is 1. The van der Waals surface area contributed by atoms with Gasteiger partial charge >= 0.3 is 0 Å². The molecule has 0 rings (SSSR count). The van der Waals surface area contributed by atoms with E-state index in [4.69, 9.17) is 4.74 Å². The van der Waals surface area contributed by atoms with E-state index in [0.29, 0.717) is 6.61 Å². The summed E-state index contributed by atoms with van der Waals surface area (Å²) in [5, 5.41) is 0. The quantitative estimate of drug-likeness (QED) is 0.474. The number of carbonyl (C=O) groups excluding carboxylic acids is 1. The second-order valence-electron chi connectivity index (χ2n) is 2.47. The summed E-state index contributed by atoms with van der Waals surface area (Å²) in [6.45, 7) is 4.04. The largest absolute Gasteiger partial charge is 0.371 e. The van der Waals surface area contributed by atoms with Gasteiger partial charge in [0.15, 0.2) is 5.78 Å². The van der Waals surface area contributed by atoms with Crippen LogP contribution in [-0.2, 0) is 9.53 Å². The highest BCUT2D eigenvalue weighted by Gasteiger charge is 2.05. The van der Waals surface area contributed by atoms with Gasteiger partial charge in [-0.15, -0.1) is 0 Å². The van der Waals surface area contributed by atoms with Gasteiger partial charge in [-0.25, -0.2) is 0 Å². The van der Waals surface area contributed by atoms with Crippen LogP contribution >= 0.6 is 21.6 Å². The van der Waals surface area contributed by atoms with E-state index < -0.39 is 0 Å². The molecule has 12 heavy (non-hydrogen) atoms. The van der Waals surface area contributed by atoms with Crippen LogP contribution in [-0.4, -0.2) is 30.5 Å². The SMILES string of the molecule is CSSCCCO[C@H](C)C(C)=O. The van der Waals surface area contributed by atoms with Gasteiger partial charge in [0, 0.05) is 12.4 Å². The molecule has 1 atom stereocenters. The Kier molecular flexibility index (Phi) is 8.17. The number of carbonyl (C=O) groups is 1. The zero-order valence-electron chi connectivity index (χ0n) is 7.83. The van der Waals surface area contributed by atoms with Crippen molar-refractivity contribution in [3.63, 3.8) is 0 Å². The standard InChI is InChI=1S/C8H16O2S2/c1-7(9)8(2)10-5-4-6-12-11-3/h8H,4-6H2,1-3H3/t8-/m1/s1. The number of hydrogen-bond donors (Lipinski definition) is 0. The van der Waals surface area contributed by atoms with E-state index in [1.54, 1.807) is 24.6 Å². The average molecular weight is 208 g/mol. The van der Waals surface area contributed by atoms with Crippen molar-refractivity contribution in [3.8, 4) is 0 Å². The zero-order valence-corrected chi connectivity index (χ0v) is 9.46. The molecule has 0 aliphatic rings. The molecule has 0 aromatic carbocycles. The van der Waals surface area contributed by atoms with Crippen LogP contribution in [0.2, 0.25) is 0 Å². The minimum Gasteiger partial charge on any atom is -0.371 e. The molecule has 0 heterocycles. The minimum absolute atomic E-state index is 0.104. The van der Waals surface area contributed by atoms with Crippen molar-refractivity contribution in [1.82, 2.24) is 0 Å². The van der Waals surface area contributed by atoms with Gasteiger partial charge in [-0.05, 0) is 26.5 Å². The Morgan fingerprint density at radius 1 is 1.58 bits per heavy atom. The molecule has 4 heteroatoms. The molecule has 0 saturated carbocycles. The van der Waals surface area contributed by atoms with Crippen LogP contribution in [0.1, 0.15) is 20.3 Å². The van der Waals surface area contributed by atoms with Crippen LogP contribution in [0.25, 0.3) is 0 Å². The van der Waals surface area contributed by atoms with Crippen LogP contribution in [0, 0.1) is 0 Å². The molecule has 0 aromatic heterocycles.